The monoisotopic (exact) mass is 431 g/mol. The maximum atomic E-state index is 13.7. The number of aryl methyl sites for hydroxylation is 1. The van der Waals surface area contributed by atoms with E-state index in [2.05, 4.69) is 5.32 Å². The van der Waals surface area contributed by atoms with Crippen molar-refractivity contribution in [3.8, 4) is 0 Å². The molecule has 2 aromatic heterocycles. The Morgan fingerprint density at radius 2 is 1.81 bits per heavy atom. The molecule has 0 spiro atoms. The van der Waals surface area contributed by atoms with Crippen LogP contribution in [0.15, 0.2) is 79.0 Å². The van der Waals surface area contributed by atoms with Gasteiger partial charge in [-0.1, -0.05) is 23.7 Å². The van der Waals surface area contributed by atoms with E-state index in [1.54, 1.807) is 12.1 Å². The highest BCUT2D eigenvalue weighted by Crippen LogP contribution is 2.26. The number of aromatic nitrogens is 2. The normalized spacial score (nSPS) is 11.3. The Labute approximate surface area is 183 Å². The van der Waals surface area contributed by atoms with E-state index in [0.717, 1.165) is 27.4 Å². The lowest BCUT2D eigenvalue weighted by Gasteiger charge is -2.12. The third-order valence-corrected chi connectivity index (χ3v) is 5.70. The predicted molar refractivity (Wildman–Crippen MR) is 123 cm³/mol. The molecule has 0 aliphatic rings. The summed E-state index contributed by atoms with van der Waals surface area (Å²) in [5, 5.41) is 5.49. The summed E-state index contributed by atoms with van der Waals surface area (Å²) in [4.78, 5) is 13.2. The standard InChI is InChI=1S/C25H19ClFN3O/c1-29-10-9-17-13-21(6-8-22(17)29)28-25(31)24-14-18-12-19(26)5-7-23(18)30(24)15-16-3-2-4-20(27)11-16/h2-14H,15H2,1H3,(H,28,31). The van der Waals surface area contributed by atoms with Crippen LogP contribution in [0.4, 0.5) is 10.1 Å². The molecule has 1 N–H and O–H groups in total. The minimum absolute atomic E-state index is 0.237. The number of hydrogen-bond donors (Lipinski definition) is 1. The number of carbonyl (C=O) groups excluding carboxylic acids is 1. The van der Waals surface area contributed by atoms with Crippen molar-refractivity contribution in [2.24, 2.45) is 7.05 Å². The van der Waals surface area contributed by atoms with Gasteiger partial charge in [-0.15, -0.1) is 0 Å². The first-order valence-electron chi connectivity index (χ1n) is 9.87. The Balaban J connectivity index is 1.54. The summed E-state index contributed by atoms with van der Waals surface area (Å²) in [6.45, 7) is 0.364. The van der Waals surface area contributed by atoms with E-state index in [0.29, 0.717) is 22.9 Å². The molecule has 1 amide bonds. The largest absolute Gasteiger partial charge is 0.351 e. The van der Waals surface area contributed by atoms with Gasteiger partial charge in [0.1, 0.15) is 11.5 Å². The van der Waals surface area contributed by atoms with Crippen LogP contribution in [-0.4, -0.2) is 15.0 Å². The van der Waals surface area contributed by atoms with E-state index in [9.17, 15) is 9.18 Å². The van der Waals surface area contributed by atoms with Crippen LogP contribution in [0.1, 0.15) is 16.1 Å². The quantitative estimate of drug-likeness (QED) is 0.360. The van der Waals surface area contributed by atoms with Gasteiger partial charge in [-0.25, -0.2) is 4.39 Å². The highest BCUT2D eigenvalue weighted by Gasteiger charge is 2.17. The summed E-state index contributed by atoms with van der Waals surface area (Å²) in [5.74, 6) is -0.543. The average Bonchev–Trinajstić information content (AvgIpc) is 3.28. The highest BCUT2D eigenvalue weighted by molar-refractivity contribution is 6.31. The summed E-state index contributed by atoms with van der Waals surface area (Å²) in [6.07, 6.45) is 1.98. The maximum absolute atomic E-state index is 13.7. The zero-order chi connectivity index (χ0) is 21.5. The number of carbonyl (C=O) groups is 1. The summed E-state index contributed by atoms with van der Waals surface area (Å²) in [7, 11) is 1.98. The summed E-state index contributed by atoms with van der Waals surface area (Å²) in [6, 6.07) is 21.5. The third kappa shape index (κ3) is 3.68. The molecule has 2 heterocycles. The van der Waals surface area contributed by atoms with Crippen LogP contribution in [0.2, 0.25) is 5.02 Å². The first-order valence-corrected chi connectivity index (χ1v) is 10.3. The molecule has 0 aliphatic heterocycles. The molecule has 4 nitrogen and oxygen atoms in total. The molecule has 5 aromatic rings. The van der Waals surface area contributed by atoms with E-state index in [1.165, 1.54) is 12.1 Å². The number of halogens is 2. The third-order valence-electron chi connectivity index (χ3n) is 5.47. The average molecular weight is 432 g/mol. The maximum Gasteiger partial charge on any atom is 0.272 e. The Bertz CT molecular complexity index is 1450. The molecule has 6 heteroatoms. The Hall–Kier alpha value is -3.57. The lowest BCUT2D eigenvalue weighted by atomic mass is 10.2. The van der Waals surface area contributed by atoms with E-state index in [1.807, 2.05) is 70.9 Å². The van der Waals surface area contributed by atoms with E-state index in [4.69, 9.17) is 11.6 Å². The number of benzene rings is 3. The van der Waals surface area contributed by atoms with E-state index < -0.39 is 0 Å². The Morgan fingerprint density at radius 1 is 0.968 bits per heavy atom. The van der Waals surface area contributed by atoms with Gasteiger partial charge in [-0.3, -0.25) is 4.79 Å². The minimum Gasteiger partial charge on any atom is -0.351 e. The van der Waals surface area contributed by atoms with Crippen molar-refractivity contribution in [3.05, 3.63) is 101 Å². The van der Waals surface area contributed by atoms with Crippen molar-refractivity contribution < 1.29 is 9.18 Å². The van der Waals surface area contributed by atoms with Crippen molar-refractivity contribution in [3.63, 3.8) is 0 Å². The lowest BCUT2D eigenvalue weighted by molar-refractivity contribution is 0.101. The summed E-state index contributed by atoms with van der Waals surface area (Å²) < 4.78 is 17.6. The molecule has 0 saturated heterocycles. The van der Waals surface area contributed by atoms with Crippen molar-refractivity contribution >= 4 is 45.0 Å². The molecule has 0 radical (unpaired) electrons. The van der Waals surface area contributed by atoms with Gasteiger partial charge in [0.25, 0.3) is 5.91 Å². The molecule has 3 aromatic carbocycles. The summed E-state index contributed by atoms with van der Waals surface area (Å²) >= 11 is 6.17. The van der Waals surface area contributed by atoms with Crippen molar-refractivity contribution in [1.29, 1.82) is 0 Å². The smallest absolute Gasteiger partial charge is 0.272 e. The molecule has 0 bridgehead atoms. The van der Waals surface area contributed by atoms with Crippen LogP contribution >= 0.6 is 11.6 Å². The second-order valence-corrected chi connectivity index (χ2v) is 8.04. The van der Waals surface area contributed by atoms with Crippen LogP contribution in [0.25, 0.3) is 21.8 Å². The van der Waals surface area contributed by atoms with Gasteiger partial charge in [0, 0.05) is 52.3 Å². The molecule has 0 fully saturated rings. The fourth-order valence-corrected chi connectivity index (χ4v) is 4.15. The van der Waals surface area contributed by atoms with Crippen molar-refractivity contribution in [2.45, 2.75) is 6.54 Å². The SMILES string of the molecule is Cn1ccc2cc(NC(=O)c3cc4cc(Cl)ccc4n3Cc3cccc(F)c3)ccc21. The van der Waals surface area contributed by atoms with Crippen LogP contribution in [0, 0.1) is 5.82 Å². The van der Waals surface area contributed by atoms with Gasteiger partial charge in [0.15, 0.2) is 0 Å². The Kier molecular flexibility index (Phi) is 4.75. The van der Waals surface area contributed by atoms with Gasteiger partial charge in [-0.05, 0) is 66.2 Å². The molecular formula is C25H19ClFN3O. The van der Waals surface area contributed by atoms with Crippen molar-refractivity contribution in [1.82, 2.24) is 9.13 Å². The van der Waals surface area contributed by atoms with Crippen LogP contribution in [-0.2, 0) is 13.6 Å². The van der Waals surface area contributed by atoms with Gasteiger partial charge >= 0.3 is 0 Å². The van der Waals surface area contributed by atoms with Crippen molar-refractivity contribution in [2.75, 3.05) is 5.32 Å². The number of nitrogens with one attached hydrogen (secondary N) is 1. The first-order chi connectivity index (χ1) is 15.0. The molecule has 0 atom stereocenters. The molecular weight excluding hydrogens is 413 g/mol. The number of nitrogens with zero attached hydrogens (tertiary/aromatic N) is 2. The molecule has 0 unspecified atom stereocenters. The topological polar surface area (TPSA) is 39.0 Å². The van der Waals surface area contributed by atoms with E-state index >= 15 is 0 Å². The highest BCUT2D eigenvalue weighted by atomic mass is 35.5. The number of hydrogen-bond acceptors (Lipinski definition) is 1. The number of anilines is 1. The predicted octanol–water partition coefficient (Wildman–Crippen LogP) is 6.23. The zero-order valence-corrected chi connectivity index (χ0v) is 17.5. The second-order valence-electron chi connectivity index (χ2n) is 7.60. The number of amides is 1. The molecule has 154 valence electrons. The summed E-state index contributed by atoms with van der Waals surface area (Å²) in [5.41, 5.74) is 3.91. The van der Waals surface area contributed by atoms with Gasteiger partial charge in [-0.2, -0.15) is 0 Å². The lowest BCUT2D eigenvalue weighted by Crippen LogP contribution is -2.17. The fraction of sp³-hybridized carbons (Fsp3) is 0.0800. The molecule has 0 saturated carbocycles. The molecule has 0 aliphatic carbocycles. The van der Waals surface area contributed by atoms with Gasteiger partial charge < -0.3 is 14.5 Å². The zero-order valence-electron chi connectivity index (χ0n) is 16.8. The first kappa shape index (κ1) is 19.4. The molecule has 31 heavy (non-hydrogen) atoms. The van der Waals surface area contributed by atoms with Crippen LogP contribution < -0.4 is 5.32 Å². The fourth-order valence-electron chi connectivity index (χ4n) is 3.97. The minimum atomic E-state index is -0.306. The van der Waals surface area contributed by atoms with E-state index in [-0.39, 0.29) is 11.7 Å². The van der Waals surface area contributed by atoms with Crippen LogP contribution in [0.5, 0.6) is 0 Å². The number of fused-ring (bicyclic) bond motifs is 2. The number of rotatable bonds is 4. The Morgan fingerprint density at radius 3 is 2.65 bits per heavy atom. The van der Waals surface area contributed by atoms with Crippen LogP contribution in [0.3, 0.4) is 0 Å². The second kappa shape index (κ2) is 7.60. The van der Waals surface area contributed by atoms with Gasteiger partial charge in [0.2, 0.25) is 0 Å². The molecule has 5 rings (SSSR count). The van der Waals surface area contributed by atoms with Gasteiger partial charge in [0.05, 0.1) is 0 Å².